The predicted octanol–water partition coefficient (Wildman–Crippen LogP) is 0.962. The van der Waals surface area contributed by atoms with Gasteiger partial charge in [0, 0.05) is 26.4 Å². The summed E-state index contributed by atoms with van der Waals surface area (Å²) in [5.41, 5.74) is 0.636. The first-order valence-corrected chi connectivity index (χ1v) is 6.70. The molecule has 1 atom stereocenters. The molecule has 7 nitrogen and oxygen atoms in total. The lowest BCUT2D eigenvalue weighted by Gasteiger charge is -2.13. The second-order valence-corrected chi connectivity index (χ2v) is 4.84. The summed E-state index contributed by atoms with van der Waals surface area (Å²) in [6.45, 7) is 3.67. The molecule has 1 fully saturated rings. The van der Waals surface area contributed by atoms with Crippen LogP contribution < -0.4 is 0 Å². The summed E-state index contributed by atoms with van der Waals surface area (Å²) in [6.07, 6.45) is 2.65. The molecule has 20 heavy (non-hydrogen) atoms. The quantitative estimate of drug-likeness (QED) is 0.804. The molecule has 1 unspecified atom stereocenters. The van der Waals surface area contributed by atoms with E-state index in [1.54, 1.807) is 19.4 Å². The van der Waals surface area contributed by atoms with Crippen molar-refractivity contribution in [2.45, 2.75) is 12.3 Å². The highest BCUT2D eigenvalue weighted by Crippen LogP contribution is 2.26. The van der Waals surface area contributed by atoms with Gasteiger partial charge in [0.2, 0.25) is 11.7 Å². The highest BCUT2D eigenvalue weighted by atomic mass is 16.5. The Morgan fingerprint density at radius 3 is 3.25 bits per heavy atom. The summed E-state index contributed by atoms with van der Waals surface area (Å²) in [6, 6.07) is 3.63. The van der Waals surface area contributed by atoms with E-state index < -0.39 is 0 Å². The van der Waals surface area contributed by atoms with Crippen molar-refractivity contribution in [1.29, 1.82) is 0 Å². The molecule has 0 N–H and O–H groups in total. The molecule has 106 valence electrons. The smallest absolute Gasteiger partial charge is 0.231 e. The molecule has 1 aliphatic rings. The Hall–Kier alpha value is -1.86. The van der Waals surface area contributed by atoms with Crippen LogP contribution in [-0.4, -0.2) is 58.6 Å². The average Bonchev–Trinajstić information content (AvgIpc) is 3.15. The van der Waals surface area contributed by atoms with Crippen LogP contribution in [0.1, 0.15) is 18.2 Å². The highest BCUT2D eigenvalue weighted by molar-refractivity contribution is 5.46. The van der Waals surface area contributed by atoms with Gasteiger partial charge in [0.15, 0.2) is 0 Å². The van der Waals surface area contributed by atoms with E-state index in [4.69, 9.17) is 9.26 Å². The van der Waals surface area contributed by atoms with E-state index >= 15 is 0 Å². The zero-order valence-corrected chi connectivity index (χ0v) is 11.4. The minimum Gasteiger partial charge on any atom is -0.383 e. The van der Waals surface area contributed by atoms with Gasteiger partial charge in [-0.25, -0.2) is 0 Å². The third-order valence-corrected chi connectivity index (χ3v) is 3.48. The molecule has 0 aromatic carbocycles. The summed E-state index contributed by atoms with van der Waals surface area (Å²) in [5.74, 6) is 1.48. The zero-order chi connectivity index (χ0) is 13.8. The molecule has 3 heterocycles. The molecular weight excluding hydrogens is 258 g/mol. The number of nitrogens with zero attached hydrogens (tertiary/aromatic N) is 5. The Labute approximate surface area is 117 Å². The normalized spacial score (nSPS) is 19.6. The van der Waals surface area contributed by atoms with Crippen molar-refractivity contribution >= 4 is 0 Å². The summed E-state index contributed by atoms with van der Waals surface area (Å²) >= 11 is 0. The van der Waals surface area contributed by atoms with Gasteiger partial charge < -0.3 is 14.2 Å². The molecule has 2 aromatic heterocycles. The lowest BCUT2D eigenvalue weighted by atomic mass is 10.1. The fourth-order valence-corrected chi connectivity index (χ4v) is 2.38. The SMILES string of the molecule is COCCN1CCC(c2nc(-c3cccnn3)no2)C1. The van der Waals surface area contributed by atoms with Gasteiger partial charge >= 0.3 is 0 Å². The maximum absolute atomic E-state index is 5.37. The first kappa shape index (κ1) is 13.1. The van der Waals surface area contributed by atoms with Gasteiger partial charge in [0.1, 0.15) is 5.69 Å². The maximum Gasteiger partial charge on any atom is 0.231 e. The molecule has 0 radical (unpaired) electrons. The van der Waals surface area contributed by atoms with E-state index in [-0.39, 0.29) is 0 Å². The number of hydrogen-bond donors (Lipinski definition) is 0. The number of likely N-dealkylation sites (tertiary alicyclic amines) is 1. The molecule has 2 aromatic rings. The molecule has 7 heteroatoms. The third-order valence-electron chi connectivity index (χ3n) is 3.48. The van der Waals surface area contributed by atoms with Gasteiger partial charge in [-0.3, -0.25) is 0 Å². The molecule has 3 rings (SSSR count). The molecule has 0 amide bonds. The standard InChI is InChI=1S/C13H17N5O2/c1-19-8-7-18-6-4-10(9-18)13-15-12(17-20-13)11-3-2-5-14-16-11/h2-3,5,10H,4,6-9H2,1H3. The molecule has 0 spiro atoms. The highest BCUT2D eigenvalue weighted by Gasteiger charge is 2.28. The van der Waals surface area contributed by atoms with E-state index in [1.807, 2.05) is 6.07 Å². The lowest BCUT2D eigenvalue weighted by Crippen LogP contribution is -2.24. The number of ether oxygens (including phenoxy) is 1. The minimum absolute atomic E-state index is 0.296. The van der Waals surface area contributed by atoms with Crippen LogP contribution >= 0.6 is 0 Å². The van der Waals surface area contributed by atoms with Crippen LogP contribution in [0.2, 0.25) is 0 Å². The van der Waals surface area contributed by atoms with E-state index in [2.05, 4.69) is 25.2 Å². The van der Waals surface area contributed by atoms with Crippen LogP contribution in [-0.2, 0) is 4.74 Å². The summed E-state index contributed by atoms with van der Waals surface area (Å²) < 4.78 is 10.5. The van der Waals surface area contributed by atoms with Crippen molar-refractivity contribution in [2.75, 3.05) is 33.4 Å². The van der Waals surface area contributed by atoms with Crippen molar-refractivity contribution in [2.24, 2.45) is 0 Å². The number of hydrogen-bond acceptors (Lipinski definition) is 7. The Balaban J connectivity index is 1.66. The largest absolute Gasteiger partial charge is 0.383 e. The second-order valence-electron chi connectivity index (χ2n) is 4.84. The maximum atomic E-state index is 5.37. The lowest BCUT2D eigenvalue weighted by molar-refractivity contribution is 0.159. The molecule has 0 bridgehead atoms. The van der Waals surface area contributed by atoms with Gasteiger partial charge in [-0.1, -0.05) is 5.16 Å². The molecule has 1 aliphatic heterocycles. The second kappa shape index (κ2) is 6.06. The first-order valence-electron chi connectivity index (χ1n) is 6.70. The minimum atomic E-state index is 0.296. The van der Waals surface area contributed by atoms with Crippen molar-refractivity contribution in [1.82, 2.24) is 25.2 Å². The van der Waals surface area contributed by atoms with Crippen LogP contribution in [0.3, 0.4) is 0 Å². The van der Waals surface area contributed by atoms with Crippen LogP contribution in [0.25, 0.3) is 11.5 Å². The Morgan fingerprint density at radius 2 is 2.45 bits per heavy atom. The Morgan fingerprint density at radius 1 is 1.50 bits per heavy atom. The van der Waals surface area contributed by atoms with Gasteiger partial charge in [0.25, 0.3) is 0 Å². The number of methoxy groups -OCH3 is 1. The summed E-state index contributed by atoms with van der Waals surface area (Å²) in [4.78, 5) is 6.79. The van der Waals surface area contributed by atoms with Crippen molar-refractivity contribution in [3.63, 3.8) is 0 Å². The van der Waals surface area contributed by atoms with Gasteiger partial charge in [-0.2, -0.15) is 10.1 Å². The fourth-order valence-electron chi connectivity index (χ4n) is 2.38. The monoisotopic (exact) mass is 275 g/mol. The Kier molecular flexibility index (Phi) is 3.98. The van der Waals surface area contributed by atoms with Gasteiger partial charge in [-0.15, -0.1) is 5.10 Å². The molecular formula is C13H17N5O2. The molecule has 1 saturated heterocycles. The van der Waals surface area contributed by atoms with Crippen LogP contribution in [0.5, 0.6) is 0 Å². The van der Waals surface area contributed by atoms with E-state index in [1.165, 1.54) is 0 Å². The molecule has 0 aliphatic carbocycles. The van der Waals surface area contributed by atoms with Crippen molar-refractivity contribution in [3.05, 3.63) is 24.2 Å². The van der Waals surface area contributed by atoms with E-state index in [0.717, 1.165) is 32.7 Å². The first-order chi connectivity index (χ1) is 9.86. The molecule has 0 saturated carbocycles. The van der Waals surface area contributed by atoms with Gasteiger partial charge in [-0.05, 0) is 25.1 Å². The van der Waals surface area contributed by atoms with Crippen molar-refractivity contribution in [3.8, 4) is 11.5 Å². The van der Waals surface area contributed by atoms with Gasteiger partial charge in [0.05, 0.1) is 12.5 Å². The van der Waals surface area contributed by atoms with Crippen molar-refractivity contribution < 1.29 is 9.26 Å². The fraction of sp³-hybridized carbons (Fsp3) is 0.538. The van der Waals surface area contributed by atoms with Crippen LogP contribution in [0.4, 0.5) is 0 Å². The van der Waals surface area contributed by atoms with Crippen LogP contribution in [0, 0.1) is 0 Å². The van der Waals surface area contributed by atoms with E-state index in [0.29, 0.717) is 23.3 Å². The topological polar surface area (TPSA) is 77.2 Å². The number of aromatic nitrogens is 4. The van der Waals surface area contributed by atoms with Crippen LogP contribution in [0.15, 0.2) is 22.9 Å². The summed E-state index contributed by atoms with van der Waals surface area (Å²) in [5, 5.41) is 11.8. The zero-order valence-electron chi connectivity index (χ0n) is 11.4. The Bertz CT molecular complexity index is 545. The number of rotatable bonds is 5. The summed E-state index contributed by atoms with van der Waals surface area (Å²) in [7, 11) is 1.72. The predicted molar refractivity (Wildman–Crippen MR) is 71.0 cm³/mol. The average molecular weight is 275 g/mol. The van der Waals surface area contributed by atoms with E-state index in [9.17, 15) is 0 Å². The third kappa shape index (κ3) is 2.83.